The zero-order chi connectivity index (χ0) is 8.43. The van der Waals surface area contributed by atoms with Gasteiger partial charge in [-0.3, -0.25) is 5.41 Å². The average molecular weight is 174 g/mol. The highest BCUT2D eigenvalue weighted by molar-refractivity contribution is 6.33. The van der Waals surface area contributed by atoms with Crippen LogP contribution in [0.5, 0.6) is 0 Å². The van der Waals surface area contributed by atoms with Crippen molar-refractivity contribution in [2.24, 2.45) is 5.73 Å². The van der Waals surface area contributed by atoms with Gasteiger partial charge in [-0.25, -0.2) is 9.37 Å². The number of rotatable bonds is 1. The first kappa shape index (κ1) is 7.94. The van der Waals surface area contributed by atoms with E-state index in [1.807, 2.05) is 0 Å². The summed E-state index contributed by atoms with van der Waals surface area (Å²) >= 11 is 5.50. The Hall–Kier alpha value is -1.16. The molecule has 0 aliphatic heterocycles. The molecule has 0 aliphatic carbocycles. The van der Waals surface area contributed by atoms with Gasteiger partial charge in [-0.1, -0.05) is 11.6 Å². The van der Waals surface area contributed by atoms with Crippen molar-refractivity contribution in [3.63, 3.8) is 0 Å². The minimum Gasteiger partial charge on any atom is -0.382 e. The third-order valence-corrected chi connectivity index (χ3v) is 1.35. The first-order chi connectivity index (χ1) is 5.11. The minimum atomic E-state index is -0.542. The summed E-state index contributed by atoms with van der Waals surface area (Å²) < 4.78 is 12.4. The first-order valence-corrected chi connectivity index (χ1v) is 3.14. The molecule has 1 aromatic heterocycles. The summed E-state index contributed by atoms with van der Waals surface area (Å²) in [5, 5.41) is 7.01. The summed E-state index contributed by atoms with van der Waals surface area (Å²) in [6.07, 6.45) is 0.961. The molecule has 1 aromatic rings. The Balaban J connectivity index is 3.20. The third kappa shape index (κ3) is 1.65. The van der Waals surface area contributed by atoms with E-state index >= 15 is 0 Å². The Labute approximate surface area is 67.5 Å². The fraction of sp³-hybridized carbons (Fsp3) is 0. The van der Waals surface area contributed by atoms with E-state index in [9.17, 15) is 4.39 Å². The topological polar surface area (TPSA) is 62.8 Å². The zero-order valence-electron chi connectivity index (χ0n) is 5.44. The Bertz CT molecular complexity index is 300. The number of aromatic nitrogens is 1. The maximum atomic E-state index is 12.4. The fourth-order valence-corrected chi connectivity index (χ4v) is 0.868. The van der Waals surface area contributed by atoms with Gasteiger partial charge in [0.25, 0.3) is 0 Å². The number of nitrogens with zero attached hydrogens (tertiary/aromatic N) is 1. The maximum Gasteiger partial charge on any atom is 0.143 e. The SMILES string of the molecule is N=C(N)c1ncc(F)cc1Cl. The molecule has 0 saturated carbocycles. The van der Waals surface area contributed by atoms with Crippen molar-refractivity contribution >= 4 is 17.4 Å². The van der Waals surface area contributed by atoms with Gasteiger partial charge in [0.05, 0.1) is 11.2 Å². The second-order valence-electron chi connectivity index (χ2n) is 1.90. The zero-order valence-corrected chi connectivity index (χ0v) is 6.19. The molecular formula is C6H5ClFN3. The van der Waals surface area contributed by atoms with Crippen LogP contribution >= 0.6 is 11.6 Å². The molecule has 0 saturated heterocycles. The van der Waals surface area contributed by atoms with E-state index in [2.05, 4.69) is 4.98 Å². The Kier molecular flexibility index (Phi) is 2.05. The van der Waals surface area contributed by atoms with E-state index < -0.39 is 5.82 Å². The van der Waals surface area contributed by atoms with Crippen molar-refractivity contribution in [3.05, 3.63) is 28.8 Å². The van der Waals surface area contributed by atoms with Crippen LogP contribution < -0.4 is 5.73 Å². The molecule has 58 valence electrons. The number of halogens is 2. The molecule has 0 unspecified atom stereocenters. The molecule has 0 fully saturated rings. The maximum absolute atomic E-state index is 12.4. The highest BCUT2D eigenvalue weighted by Gasteiger charge is 2.04. The Morgan fingerprint density at radius 2 is 2.36 bits per heavy atom. The van der Waals surface area contributed by atoms with Gasteiger partial charge >= 0.3 is 0 Å². The van der Waals surface area contributed by atoms with Gasteiger partial charge in [0.2, 0.25) is 0 Å². The van der Waals surface area contributed by atoms with Crippen LogP contribution in [0.25, 0.3) is 0 Å². The molecule has 11 heavy (non-hydrogen) atoms. The van der Waals surface area contributed by atoms with Crippen LogP contribution in [0.3, 0.4) is 0 Å². The van der Waals surface area contributed by atoms with Crippen LogP contribution in [0.1, 0.15) is 5.69 Å². The van der Waals surface area contributed by atoms with Gasteiger partial charge in [-0.05, 0) is 6.07 Å². The predicted octanol–water partition coefficient (Wildman–Crippen LogP) is 1.16. The van der Waals surface area contributed by atoms with E-state index in [0.29, 0.717) is 0 Å². The van der Waals surface area contributed by atoms with Crippen LogP contribution in [0.2, 0.25) is 5.02 Å². The van der Waals surface area contributed by atoms with Crippen LogP contribution in [0.4, 0.5) is 4.39 Å². The van der Waals surface area contributed by atoms with Gasteiger partial charge in [-0.2, -0.15) is 0 Å². The molecule has 1 heterocycles. The summed E-state index contributed by atoms with van der Waals surface area (Å²) in [5.41, 5.74) is 5.18. The highest BCUT2D eigenvalue weighted by atomic mass is 35.5. The largest absolute Gasteiger partial charge is 0.382 e. The number of amidine groups is 1. The minimum absolute atomic E-state index is 0.0532. The molecule has 0 atom stereocenters. The monoisotopic (exact) mass is 173 g/mol. The highest BCUT2D eigenvalue weighted by Crippen LogP contribution is 2.13. The Morgan fingerprint density at radius 3 is 2.82 bits per heavy atom. The van der Waals surface area contributed by atoms with Crippen molar-refractivity contribution in [1.82, 2.24) is 4.98 Å². The summed E-state index contributed by atoms with van der Waals surface area (Å²) in [7, 11) is 0. The van der Waals surface area contributed by atoms with Crippen molar-refractivity contribution in [1.29, 1.82) is 5.41 Å². The molecule has 0 radical (unpaired) electrons. The van der Waals surface area contributed by atoms with Crippen molar-refractivity contribution in [2.75, 3.05) is 0 Å². The smallest absolute Gasteiger partial charge is 0.143 e. The second-order valence-corrected chi connectivity index (χ2v) is 2.30. The van der Waals surface area contributed by atoms with Gasteiger partial charge in [0.15, 0.2) is 0 Å². The molecule has 0 bridgehead atoms. The molecule has 3 N–H and O–H groups in total. The van der Waals surface area contributed by atoms with Gasteiger partial charge in [0, 0.05) is 0 Å². The molecule has 0 aliphatic rings. The lowest BCUT2D eigenvalue weighted by molar-refractivity contribution is 0.621. The Morgan fingerprint density at radius 1 is 1.73 bits per heavy atom. The van der Waals surface area contributed by atoms with E-state index in [-0.39, 0.29) is 16.6 Å². The van der Waals surface area contributed by atoms with E-state index in [1.54, 1.807) is 0 Å². The van der Waals surface area contributed by atoms with Crippen molar-refractivity contribution in [2.45, 2.75) is 0 Å². The van der Waals surface area contributed by atoms with Crippen LogP contribution in [-0.4, -0.2) is 10.8 Å². The van der Waals surface area contributed by atoms with Gasteiger partial charge in [0.1, 0.15) is 17.3 Å². The second kappa shape index (κ2) is 2.84. The lowest BCUT2D eigenvalue weighted by Crippen LogP contribution is -2.13. The summed E-state index contributed by atoms with van der Waals surface area (Å²) in [4.78, 5) is 3.52. The number of nitrogens with two attached hydrogens (primary N) is 1. The van der Waals surface area contributed by atoms with Gasteiger partial charge in [-0.15, -0.1) is 0 Å². The lowest BCUT2D eigenvalue weighted by Gasteiger charge is -1.98. The fourth-order valence-electron chi connectivity index (χ4n) is 0.613. The predicted molar refractivity (Wildman–Crippen MR) is 40.2 cm³/mol. The molecule has 0 spiro atoms. The molecule has 3 nitrogen and oxygen atoms in total. The van der Waals surface area contributed by atoms with Crippen molar-refractivity contribution < 1.29 is 4.39 Å². The summed E-state index contributed by atoms with van der Waals surface area (Å²) in [6, 6.07) is 1.06. The summed E-state index contributed by atoms with van der Waals surface area (Å²) in [6.45, 7) is 0. The van der Waals surface area contributed by atoms with Gasteiger partial charge < -0.3 is 5.73 Å². The molecular weight excluding hydrogens is 169 g/mol. The standard InChI is InChI=1S/C6H5ClFN3/c7-4-1-3(8)2-11-5(4)6(9)10/h1-2H,(H3,9,10). The number of pyridine rings is 1. The van der Waals surface area contributed by atoms with Crippen molar-refractivity contribution in [3.8, 4) is 0 Å². The number of nitrogen functional groups attached to an aromatic ring is 1. The molecule has 0 amide bonds. The van der Waals surface area contributed by atoms with Crippen LogP contribution in [0.15, 0.2) is 12.3 Å². The lowest BCUT2D eigenvalue weighted by atomic mass is 10.3. The molecule has 0 aromatic carbocycles. The van der Waals surface area contributed by atoms with E-state index in [0.717, 1.165) is 12.3 Å². The van der Waals surface area contributed by atoms with E-state index in [4.69, 9.17) is 22.7 Å². The third-order valence-electron chi connectivity index (χ3n) is 1.06. The quantitative estimate of drug-likeness (QED) is 0.495. The summed E-state index contributed by atoms with van der Waals surface area (Å²) in [5.74, 6) is -0.810. The first-order valence-electron chi connectivity index (χ1n) is 2.76. The number of nitrogens with one attached hydrogen (secondary N) is 1. The molecule has 1 rings (SSSR count). The average Bonchev–Trinajstić information content (AvgIpc) is 1.85. The number of hydrogen-bond acceptors (Lipinski definition) is 2. The normalized spacial score (nSPS) is 9.64. The van der Waals surface area contributed by atoms with E-state index in [1.165, 1.54) is 0 Å². The van der Waals surface area contributed by atoms with Crippen LogP contribution in [0, 0.1) is 11.2 Å². The molecule has 5 heteroatoms. The van der Waals surface area contributed by atoms with Crippen LogP contribution in [-0.2, 0) is 0 Å². The number of hydrogen-bond donors (Lipinski definition) is 2.